The fraction of sp³-hybridized carbons (Fsp3) is 0.524. The number of piperidine rings is 3. The van der Waals surface area contributed by atoms with Crippen molar-refractivity contribution >= 4 is 46.6 Å². The van der Waals surface area contributed by atoms with Crippen LogP contribution in [0.25, 0.3) is 11.3 Å². The standard InChI is InChI=1S/C42H51F2N9O5/c43-33-23-30(46-35-9-11-37(54)49-41(35)57)8-10-36(33)52-18-14-31(15-19-52)51-16-12-26(13-17-51)40(56)47-28-4-6-29(7-5-28)48-42-45-24-34(44)39(50-42)27-2-1-3-32(22-27)53-20-21-58-25-38(53)55/h1-3,8,10,22-24,26,28-29,31,35,46H,4-7,9,11-21,25H2,(H,47,56)(H,45,48,50)(H,49,54,57)/t28-,29-,35?. The topological polar surface area (TPSA) is 161 Å². The van der Waals surface area contributed by atoms with Crippen molar-refractivity contribution in [1.82, 2.24) is 25.5 Å². The Balaban J connectivity index is 0.754. The Morgan fingerprint density at radius 3 is 2.34 bits per heavy atom. The summed E-state index contributed by atoms with van der Waals surface area (Å²) < 4.78 is 35.4. The Kier molecular flexibility index (Phi) is 12.1. The fourth-order valence-corrected chi connectivity index (χ4v) is 9.02. The lowest BCUT2D eigenvalue weighted by atomic mass is 9.89. The molecular formula is C42H51F2N9O5. The van der Waals surface area contributed by atoms with E-state index >= 15 is 4.39 Å². The van der Waals surface area contributed by atoms with E-state index in [1.807, 2.05) is 6.07 Å². The number of nitrogens with zero attached hydrogens (tertiary/aromatic N) is 5. The molecule has 0 radical (unpaired) electrons. The highest BCUT2D eigenvalue weighted by Crippen LogP contribution is 2.31. The first kappa shape index (κ1) is 39.6. The zero-order valence-corrected chi connectivity index (χ0v) is 32.6. The van der Waals surface area contributed by atoms with Crippen LogP contribution in [0, 0.1) is 17.6 Å². The van der Waals surface area contributed by atoms with Gasteiger partial charge in [0.25, 0.3) is 5.91 Å². The molecule has 3 aromatic rings. The molecule has 1 saturated carbocycles. The molecule has 308 valence electrons. The van der Waals surface area contributed by atoms with Crippen LogP contribution in [0.5, 0.6) is 0 Å². The van der Waals surface area contributed by atoms with Gasteiger partial charge in [0.1, 0.15) is 24.2 Å². The lowest BCUT2D eigenvalue weighted by Gasteiger charge is -2.42. The zero-order valence-electron chi connectivity index (χ0n) is 32.6. The number of anilines is 4. The van der Waals surface area contributed by atoms with Gasteiger partial charge in [-0.15, -0.1) is 0 Å². The number of amides is 4. The third-order valence-corrected chi connectivity index (χ3v) is 12.3. The molecule has 1 aromatic heterocycles. The highest BCUT2D eigenvalue weighted by Gasteiger charge is 2.33. The van der Waals surface area contributed by atoms with Gasteiger partial charge in [0.05, 0.1) is 18.5 Å². The minimum Gasteiger partial charge on any atom is -0.374 e. The smallest absolute Gasteiger partial charge is 0.253 e. The Bertz CT molecular complexity index is 2000. The number of ether oxygens (including phenoxy) is 1. The van der Waals surface area contributed by atoms with Crippen LogP contribution in [0.4, 0.5) is 31.8 Å². The highest BCUT2D eigenvalue weighted by atomic mass is 19.1. The van der Waals surface area contributed by atoms with Crippen molar-refractivity contribution in [3.8, 4) is 11.3 Å². The largest absolute Gasteiger partial charge is 0.374 e. The van der Waals surface area contributed by atoms with E-state index in [1.54, 1.807) is 35.2 Å². The number of aromatic nitrogens is 2. The summed E-state index contributed by atoms with van der Waals surface area (Å²) >= 11 is 0. The molecule has 0 spiro atoms. The molecule has 58 heavy (non-hydrogen) atoms. The van der Waals surface area contributed by atoms with Crippen molar-refractivity contribution in [2.75, 3.05) is 66.4 Å². The maximum absolute atomic E-state index is 15.2. The molecule has 4 aliphatic heterocycles. The molecule has 1 atom stereocenters. The van der Waals surface area contributed by atoms with Crippen LogP contribution in [0.3, 0.4) is 0 Å². The summed E-state index contributed by atoms with van der Waals surface area (Å²) in [6.07, 6.45) is 8.55. The van der Waals surface area contributed by atoms with Crippen molar-refractivity contribution in [3.63, 3.8) is 0 Å². The van der Waals surface area contributed by atoms with Gasteiger partial charge in [0.15, 0.2) is 5.82 Å². The average molecular weight is 800 g/mol. The number of imide groups is 1. The first-order chi connectivity index (χ1) is 28.2. The van der Waals surface area contributed by atoms with E-state index in [-0.39, 0.29) is 66.2 Å². The van der Waals surface area contributed by atoms with Crippen LogP contribution in [0.1, 0.15) is 64.2 Å². The highest BCUT2D eigenvalue weighted by molar-refractivity contribution is 6.01. The van der Waals surface area contributed by atoms with Gasteiger partial charge in [0.2, 0.25) is 23.7 Å². The van der Waals surface area contributed by atoms with Crippen molar-refractivity contribution in [2.45, 2.75) is 88.4 Å². The van der Waals surface area contributed by atoms with Crippen LogP contribution < -0.4 is 31.1 Å². The van der Waals surface area contributed by atoms with E-state index in [0.717, 1.165) is 77.5 Å². The molecule has 1 unspecified atom stereocenters. The van der Waals surface area contributed by atoms with Crippen molar-refractivity contribution in [1.29, 1.82) is 0 Å². The van der Waals surface area contributed by atoms with Crippen molar-refractivity contribution < 1.29 is 32.7 Å². The number of hydrogen-bond acceptors (Lipinski definition) is 11. The number of morpholine rings is 1. The normalized spacial score (nSPS) is 24.0. The number of benzene rings is 2. The fourth-order valence-electron chi connectivity index (χ4n) is 9.02. The van der Waals surface area contributed by atoms with E-state index in [4.69, 9.17) is 4.74 Å². The summed E-state index contributed by atoms with van der Waals surface area (Å²) in [7, 11) is 0. The molecule has 14 nitrogen and oxygen atoms in total. The van der Waals surface area contributed by atoms with Crippen LogP contribution in [-0.4, -0.2) is 109 Å². The maximum Gasteiger partial charge on any atom is 0.253 e. The molecule has 5 fully saturated rings. The molecule has 4 saturated heterocycles. The number of hydrogen-bond donors (Lipinski definition) is 4. The second-order valence-electron chi connectivity index (χ2n) is 16.1. The molecule has 4 amide bonds. The van der Waals surface area contributed by atoms with Gasteiger partial charge in [-0.1, -0.05) is 12.1 Å². The number of rotatable bonds is 10. The van der Waals surface area contributed by atoms with Crippen LogP contribution in [0.15, 0.2) is 48.7 Å². The SMILES string of the molecule is O=C1CCC(Nc2ccc(N3CCC(N4CCC(C(=O)N[C@H]5CC[C@H](Nc6ncc(F)c(-c7cccc(N8CCOCC8=O)c7)n6)CC5)CC4)CC3)c(F)c2)C(=O)N1. The molecule has 1 aliphatic carbocycles. The summed E-state index contributed by atoms with van der Waals surface area (Å²) in [5.74, 6) is -1.24. The molecule has 5 aliphatic rings. The number of nitrogens with one attached hydrogen (secondary N) is 4. The maximum atomic E-state index is 15.2. The minimum atomic E-state index is -0.563. The average Bonchev–Trinajstić information content (AvgIpc) is 3.24. The second kappa shape index (κ2) is 17.7. The predicted octanol–water partition coefficient (Wildman–Crippen LogP) is 4.22. The Hall–Kier alpha value is -5.22. The molecule has 0 bridgehead atoms. The third kappa shape index (κ3) is 9.23. The summed E-state index contributed by atoms with van der Waals surface area (Å²) in [5, 5.41) is 12.1. The van der Waals surface area contributed by atoms with Gasteiger partial charge in [-0.2, -0.15) is 0 Å². The van der Waals surface area contributed by atoms with Crippen LogP contribution >= 0.6 is 0 Å². The first-order valence-electron chi connectivity index (χ1n) is 20.6. The molecule has 5 heterocycles. The van der Waals surface area contributed by atoms with Crippen LogP contribution in [-0.2, 0) is 23.9 Å². The zero-order chi connectivity index (χ0) is 40.2. The van der Waals surface area contributed by atoms with Gasteiger partial charge >= 0.3 is 0 Å². The quantitative estimate of drug-likeness (QED) is 0.218. The molecule has 8 rings (SSSR count). The Morgan fingerprint density at radius 2 is 1.60 bits per heavy atom. The van der Waals surface area contributed by atoms with Crippen molar-refractivity contribution in [2.24, 2.45) is 5.92 Å². The van der Waals surface area contributed by atoms with Gasteiger partial charge < -0.3 is 35.4 Å². The van der Waals surface area contributed by atoms with E-state index in [2.05, 4.69) is 41.0 Å². The summed E-state index contributed by atoms with van der Waals surface area (Å²) in [6, 6.07) is 12.1. The van der Waals surface area contributed by atoms with E-state index in [1.165, 1.54) is 12.3 Å². The van der Waals surface area contributed by atoms with Gasteiger partial charge in [-0.3, -0.25) is 24.5 Å². The number of carbonyl (C=O) groups excluding carboxylic acids is 4. The Morgan fingerprint density at radius 1 is 0.828 bits per heavy atom. The predicted molar refractivity (Wildman–Crippen MR) is 214 cm³/mol. The summed E-state index contributed by atoms with van der Waals surface area (Å²) in [5.41, 5.74) is 2.45. The van der Waals surface area contributed by atoms with E-state index < -0.39 is 11.9 Å². The van der Waals surface area contributed by atoms with Gasteiger partial charge in [0, 0.05) is 67.0 Å². The summed E-state index contributed by atoms with van der Waals surface area (Å²) in [4.78, 5) is 64.2. The summed E-state index contributed by atoms with van der Waals surface area (Å²) in [6.45, 7) is 4.11. The van der Waals surface area contributed by atoms with Crippen molar-refractivity contribution in [3.05, 3.63) is 60.3 Å². The molecule has 16 heteroatoms. The van der Waals surface area contributed by atoms with Crippen LogP contribution in [0.2, 0.25) is 0 Å². The molecule has 2 aromatic carbocycles. The third-order valence-electron chi connectivity index (χ3n) is 12.3. The first-order valence-corrected chi connectivity index (χ1v) is 20.6. The van der Waals surface area contributed by atoms with Gasteiger partial charge in [-0.05, 0) is 101 Å². The number of halogens is 2. The lowest BCUT2D eigenvalue weighted by Crippen LogP contribution is -2.50. The van der Waals surface area contributed by atoms with E-state index in [0.29, 0.717) is 54.2 Å². The number of likely N-dealkylation sites (tertiary alicyclic amines) is 1. The van der Waals surface area contributed by atoms with E-state index in [9.17, 15) is 23.6 Å². The monoisotopic (exact) mass is 799 g/mol. The lowest BCUT2D eigenvalue weighted by molar-refractivity contribution is -0.133. The number of carbonyl (C=O) groups is 4. The molecule has 4 N–H and O–H groups in total. The minimum absolute atomic E-state index is 0.0144. The Labute approximate surface area is 336 Å². The van der Waals surface area contributed by atoms with Gasteiger partial charge in [-0.25, -0.2) is 18.7 Å². The second-order valence-corrected chi connectivity index (χ2v) is 16.1. The molecular weight excluding hydrogens is 749 g/mol.